The van der Waals surface area contributed by atoms with Crippen LogP contribution in [0, 0.1) is 5.82 Å². The molecule has 1 heterocycles. The fourth-order valence-electron chi connectivity index (χ4n) is 2.29. The van der Waals surface area contributed by atoms with E-state index in [4.69, 9.17) is 16.7 Å². The highest BCUT2D eigenvalue weighted by Gasteiger charge is 2.25. The third kappa shape index (κ3) is 4.56. The average molecular weight is 351 g/mol. The molecule has 0 radical (unpaired) electrons. The number of carboxylic acids is 1. The first kappa shape index (κ1) is 18.7. The first-order valence-corrected chi connectivity index (χ1v) is 7.04. The number of benzene rings is 1. The van der Waals surface area contributed by atoms with E-state index in [1.807, 2.05) is 4.90 Å². The summed E-state index contributed by atoms with van der Waals surface area (Å²) in [6, 6.07) is 4.15. The fourth-order valence-corrected chi connectivity index (χ4v) is 2.53. The van der Waals surface area contributed by atoms with E-state index in [-0.39, 0.29) is 29.4 Å². The van der Waals surface area contributed by atoms with Crippen molar-refractivity contribution in [3.05, 3.63) is 34.6 Å². The van der Waals surface area contributed by atoms with Gasteiger partial charge >= 0.3 is 5.97 Å². The molecule has 1 amide bonds. The van der Waals surface area contributed by atoms with Gasteiger partial charge in [-0.05, 0) is 12.1 Å². The number of nitrogens with zero attached hydrogens (tertiary/aromatic N) is 2. The maximum absolute atomic E-state index is 13.7. The Morgan fingerprint density at radius 3 is 2.41 bits per heavy atom. The molecule has 0 saturated carbocycles. The fraction of sp³-hybridized carbons (Fsp3) is 0.429. The smallest absolute Gasteiger partial charge is 0.304 e. The van der Waals surface area contributed by atoms with Gasteiger partial charge in [-0.25, -0.2) is 4.39 Å². The van der Waals surface area contributed by atoms with Gasteiger partial charge in [0.25, 0.3) is 5.91 Å². The van der Waals surface area contributed by atoms with Crippen LogP contribution in [0.15, 0.2) is 18.2 Å². The van der Waals surface area contributed by atoms with E-state index in [2.05, 4.69) is 0 Å². The van der Waals surface area contributed by atoms with E-state index in [1.165, 1.54) is 18.2 Å². The molecule has 0 unspecified atom stereocenters. The van der Waals surface area contributed by atoms with Gasteiger partial charge in [-0.1, -0.05) is 17.7 Å². The molecule has 1 saturated heterocycles. The summed E-state index contributed by atoms with van der Waals surface area (Å²) in [4.78, 5) is 26.3. The van der Waals surface area contributed by atoms with Crippen LogP contribution in [0.25, 0.3) is 0 Å². The molecule has 22 heavy (non-hydrogen) atoms. The largest absolute Gasteiger partial charge is 0.481 e. The molecule has 0 bridgehead atoms. The van der Waals surface area contributed by atoms with Gasteiger partial charge in [-0.15, -0.1) is 12.4 Å². The van der Waals surface area contributed by atoms with Crippen molar-refractivity contribution in [2.45, 2.75) is 6.42 Å². The van der Waals surface area contributed by atoms with E-state index in [0.29, 0.717) is 32.7 Å². The Balaban J connectivity index is 0.00000242. The Labute approximate surface area is 139 Å². The first-order valence-electron chi connectivity index (χ1n) is 6.66. The van der Waals surface area contributed by atoms with E-state index < -0.39 is 17.7 Å². The monoisotopic (exact) mass is 350 g/mol. The third-order valence-corrected chi connectivity index (χ3v) is 3.79. The van der Waals surface area contributed by atoms with Gasteiger partial charge in [-0.2, -0.15) is 0 Å². The zero-order chi connectivity index (χ0) is 15.4. The van der Waals surface area contributed by atoms with Crippen molar-refractivity contribution < 1.29 is 19.1 Å². The minimum Gasteiger partial charge on any atom is -0.481 e. The van der Waals surface area contributed by atoms with E-state index in [9.17, 15) is 14.0 Å². The van der Waals surface area contributed by atoms with Crippen LogP contribution in [0.1, 0.15) is 16.8 Å². The van der Waals surface area contributed by atoms with Gasteiger partial charge in [0.2, 0.25) is 0 Å². The molecule has 2 rings (SSSR count). The predicted molar refractivity (Wildman–Crippen MR) is 83.3 cm³/mol. The average Bonchev–Trinajstić information content (AvgIpc) is 2.45. The third-order valence-electron chi connectivity index (χ3n) is 3.48. The van der Waals surface area contributed by atoms with Gasteiger partial charge in [-0.3, -0.25) is 14.5 Å². The highest BCUT2D eigenvalue weighted by atomic mass is 35.5. The quantitative estimate of drug-likeness (QED) is 0.903. The van der Waals surface area contributed by atoms with Crippen LogP contribution < -0.4 is 0 Å². The minimum atomic E-state index is -0.841. The Bertz CT molecular complexity index is 529. The number of halogens is 3. The molecule has 8 heteroatoms. The van der Waals surface area contributed by atoms with Crippen LogP contribution in [0.3, 0.4) is 0 Å². The number of piperazine rings is 1. The predicted octanol–water partition coefficient (Wildman–Crippen LogP) is 2.13. The maximum Gasteiger partial charge on any atom is 0.304 e. The van der Waals surface area contributed by atoms with Crippen molar-refractivity contribution in [1.29, 1.82) is 0 Å². The molecule has 0 aromatic heterocycles. The summed E-state index contributed by atoms with van der Waals surface area (Å²) in [5.41, 5.74) is -0.0989. The van der Waals surface area contributed by atoms with Crippen LogP contribution >= 0.6 is 24.0 Å². The lowest BCUT2D eigenvalue weighted by Gasteiger charge is -2.34. The number of aliphatic carboxylic acids is 1. The lowest BCUT2D eigenvalue weighted by Crippen LogP contribution is -2.49. The summed E-state index contributed by atoms with van der Waals surface area (Å²) in [7, 11) is 0. The Hall–Kier alpha value is -1.37. The highest BCUT2D eigenvalue weighted by Crippen LogP contribution is 2.21. The van der Waals surface area contributed by atoms with Crippen LogP contribution in [0.4, 0.5) is 4.39 Å². The molecule has 0 aliphatic carbocycles. The lowest BCUT2D eigenvalue weighted by molar-refractivity contribution is -0.137. The van der Waals surface area contributed by atoms with Crippen LogP contribution in [-0.2, 0) is 4.79 Å². The molecular weight excluding hydrogens is 334 g/mol. The zero-order valence-corrected chi connectivity index (χ0v) is 13.4. The number of carbonyl (C=O) groups excluding carboxylic acids is 1. The second kappa shape index (κ2) is 8.31. The van der Waals surface area contributed by atoms with Crippen LogP contribution in [-0.4, -0.2) is 59.5 Å². The first-order chi connectivity index (χ1) is 9.99. The Morgan fingerprint density at radius 1 is 1.23 bits per heavy atom. The van der Waals surface area contributed by atoms with E-state index in [1.54, 1.807) is 4.90 Å². The number of rotatable bonds is 4. The molecule has 1 aliphatic heterocycles. The van der Waals surface area contributed by atoms with Crippen LogP contribution in [0.5, 0.6) is 0 Å². The van der Waals surface area contributed by atoms with Gasteiger partial charge in [0.1, 0.15) is 5.82 Å². The summed E-state index contributed by atoms with van der Waals surface area (Å²) in [6.07, 6.45) is 0.0765. The summed E-state index contributed by atoms with van der Waals surface area (Å²) in [5.74, 6) is -1.89. The van der Waals surface area contributed by atoms with Crippen molar-refractivity contribution in [1.82, 2.24) is 9.80 Å². The molecule has 122 valence electrons. The molecule has 1 N–H and O–H groups in total. The summed E-state index contributed by atoms with van der Waals surface area (Å²) in [6.45, 7) is 2.47. The Kier molecular flexibility index (Phi) is 7.06. The van der Waals surface area contributed by atoms with Crippen molar-refractivity contribution in [3.63, 3.8) is 0 Å². The second-order valence-corrected chi connectivity index (χ2v) is 5.28. The van der Waals surface area contributed by atoms with Crippen molar-refractivity contribution in [2.75, 3.05) is 32.7 Å². The summed E-state index contributed by atoms with van der Waals surface area (Å²) >= 11 is 5.89. The Morgan fingerprint density at radius 2 is 1.86 bits per heavy atom. The molecule has 0 spiro atoms. The molecule has 0 atom stereocenters. The second-order valence-electron chi connectivity index (χ2n) is 4.87. The van der Waals surface area contributed by atoms with Gasteiger partial charge in [0.05, 0.1) is 17.0 Å². The van der Waals surface area contributed by atoms with Crippen molar-refractivity contribution >= 4 is 35.9 Å². The lowest BCUT2D eigenvalue weighted by atomic mass is 10.1. The maximum atomic E-state index is 13.7. The standard InChI is InChI=1S/C14H16ClFN2O3.ClH/c15-10-2-1-3-11(16)13(10)14(21)18-8-6-17(7-9-18)5-4-12(19)20;/h1-3H,4-9H2,(H,19,20);1H. The number of carboxylic acid groups (broad SMARTS) is 1. The molecule has 1 fully saturated rings. The number of amides is 1. The van der Waals surface area contributed by atoms with Crippen molar-refractivity contribution in [3.8, 4) is 0 Å². The topological polar surface area (TPSA) is 60.9 Å². The van der Waals surface area contributed by atoms with Gasteiger partial charge in [0.15, 0.2) is 0 Å². The molecule has 1 aromatic rings. The van der Waals surface area contributed by atoms with Gasteiger partial charge in [0, 0.05) is 32.7 Å². The van der Waals surface area contributed by atoms with E-state index >= 15 is 0 Å². The SMILES string of the molecule is Cl.O=C(O)CCN1CCN(C(=O)c2c(F)cccc2Cl)CC1. The van der Waals surface area contributed by atoms with E-state index in [0.717, 1.165) is 0 Å². The molecular formula is C14H17Cl2FN2O3. The molecule has 5 nitrogen and oxygen atoms in total. The normalized spacial score (nSPS) is 15.3. The number of carbonyl (C=O) groups is 2. The number of hydrogen-bond acceptors (Lipinski definition) is 3. The number of hydrogen-bond donors (Lipinski definition) is 1. The highest BCUT2D eigenvalue weighted by molar-refractivity contribution is 6.33. The minimum absolute atomic E-state index is 0. The van der Waals surface area contributed by atoms with Crippen LogP contribution in [0.2, 0.25) is 5.02 Å². The zero-order valence-electron chi connectivity index (χ0n) is 11.8. The summed E-state index contributed by atoms with van der Waals surface area (Å²) in [5, 5.41) is 8.75. The molecule has 1 aromatic carbocycles. The van der Waals surface area contributed by atoms with Gasteiger partial charge < -0.3 is 10.0 Å². The van der Waals surface area contributed by atoms with Crippen molar-refractivity contribution in [2.24, 2.45) is 0 Å². The summed E-state index contributed by atoms with van der Waals surface area (Å²) < 4.78 is 13.7. The molecule has 1 aliphatic rings.